The quantitative estimate of drug-likeness (QED) is 0.686. The van der Waals surface area contributed by atoms with Gasteiger partial charge >= 0.3 is 5.92 Å². The van der Waals surface area contributed by atoms with Gasteiger partial charge in [-0.1, -0.05) is 0 Å². The molecule has 82 valence electrons. The Morgan fingerprint density at radius 3 is 2.79 bits per heavy atom. The molecule has 1 heterocycles. The lowest BCUT2D eigenvalue weighted by molar-refractivity contribution is -0.137. The van der Waals surface area contributed by atoms with Crippen molar-refractivity contribution < 1.29 is 13.6 Å². The zero-order valence-corrected chi connectivity index (χ0v) is 8.86. The minimum atomic E-state index is -3.36. The van der Waals surface area contributed by atoms with E-state index in [0.29, 0.717) is 6.54 Å². The maximum atomic E-state index is 13.0. The van der Waals surface area contributed by atoms with Gasteiger partial charge in [0.05, 0.1) is 0 Å². The van der Waals surface area contributed by atoms with Crippen LogP contribution in [0.5, 0.6) is 0 Å². The summed E-state index contributed by atoms with van der Waals surface area (Å²) in [5, 5.41) is -1.54. The molecular formula is C9H14ClF2NO. The summed E-state index contributed by atoms with van der Waals surface area (Å²) in [7, 11) is 1.90. The number of halogens is 3. The summed E-state index contributed by atoms with van der Waals surface area (Å²) in [6.45, 7) is 1.57. The number of likely N-dealkylation sites (tertiary alicyclic amines) is 1. The Kier molecular flexibility index (Phi) is 3.84. The first-order chi connectivity index (χ1) is 6.42. The molecule has 0 aromatic carbocycles. The lowest BCUT2D eigenvalue weighted by Gasteiger charge is -2.30. The Bertz CT molecular complexity index is 223. The number of hydrogen-bond acceptors (Lipinski definition) is 2. The van der Waals surface area contributed by atoms with E-state index in [1.807, 2.05) is 11.9 Å². The maximum absolute atomic E-state index is 13.0. The highest BCUT2D eigenvalue weighted by atomic mass is 35.5. The van der Waals surface area contributed by atoms with E-state index in [2.05, 4.69) is 0 Å². The first-order valence-corrected chi connectivity index (χ1v) is 5.06. The maximum Gasteiger partial charge on any atom is 0.320 e. The Morgan fingerprint density at radius 2 is 2.29 bits per heavy atom. The minimum absolute atomic E-state index is 0.119. The molecule has 1 aliphatic rings. The van der Waals surface area contributed by atoms with E-state index in [1.54, 1.807) is 0 Å². The highest BCUT2D eigenvalue weighted by Crippen LogP contribution is 2.30. The summed E-state index contributed by atoms with van der Waals surface area (Å²) in [6.07, 6.45) is 1.25. The molecule has 5 heteroatoms. The molecule has 1 fully saturated rings. The van der Waals surface area contributed by atoms with Crippen molar-refractivity contribution in [1.82, 2.24) is 4.90 Å². The third kappa shape index (κ3) is 3.17. The second kappa shape index (κ2) is 4.53. The third-order valence-electron chi connectivity index (χ3n) is 2.55. The van der Waals surface area contributed by atoms with E-state index in [9.17, 15) is 13.6 Å². The van der Waals surface area contributed by atoms with Crippen molar-refractivity contribution in [1.29, 1.82) is 0 Å². The van der Waals surface area contributed by atoms with E-state index in [1.165, 1.54) is 0 Å². The predicted octanol–water partition coefficient (Wildman–Crippen LogP) is 2.12. The largest absolute Gasteiger partial charge is 0.320 e. The summed E-state index contributed by atoms with van der Waals surface area (Å²) < 4.78 is 25.9. The number of alkyl halides is 2. The van der Waals surface area contributed by atoms with Crippen LogP contribution in [0.15, 0.2) is 0 Å². The predicted molar refractivity (Wildman–Crippen MR) is 50.6 cm³/mol. The molecule has 1 atom stereocenters. The fraction of sp³-hybridized carbons (Fsp3) is 0.889. The van der Waals surface area contributed by atoms with Gasteiger partial charge < -0.3 is 4.90 Å². The van der Waals surface area contributed by atoms with Crippen LogP contribution >= 0.6 is 11.6 Å². The molecule has 0 aliphatic carbocycles. The average molecular weight is 226 g/mol. The van der Waals surface area contributed by atoms with E-state index < -0.39 is 17.6 Å². The summed E-state index contributed by atoms with van der Waals surface area (Å²) in [5.74, 6) is -3.48. The lowest BCUT2D eigenvalue weighted by atomic mass is 9.92. The standard InChI is InChI=1S/C9H14ClF2NO/c1-13-4-2-3-7(6-13)5-9(11,12)8(10)14/h7H,2-6H2,1H3. The fourth-order valence-electron chi connectivity index (χ4n) is 1.88. The number of rotatable bonds is 3. The SMILES string of the molecule is CN1CCCC(CC(F)(F)C(=O)Cl)C1. The Labute approximate surface area is 87.2 Å². The topological polar surface area (TPSA) is 20.3 Å². The van der Waals surface area contributed by atoms with Crippen LogP contribution in [0.25, 0.3) is 0 Å². The fourth-order valence-corrected chi connectivity index (χ4v) is 1.96. The minimum Gasteiger partial charge on any atom is -0.306 e. The smallest absolute Gasteiger partial charge is 0.306 e. The van der Waals surface area contributed by atoms with Gasteiger partial charge in [-0.15, -0.1) is 0 Å². The normalized spacial score (nSPS) is 25.0. The van der Waals surface area contributed by atoms with E-state index in [0.717, 1.165) is 19.4 Å². The van der Waals surface area contributed by atoms with Crippen LogP contribution in [0.1, 0.15) is 19.3 Å². The first kappa shape index (κ1) is 11.9. The van der Waals surface area contributed by atoms with Crippen molar-refractivity contribution in [3.63, 3.8) is 0 Å². The van der Waals surface area contributed by atoms with Gasteiger partial charge in [-0.2, -0.15) is 8.78 Å². The molecule has 1 aliphatic heterocycles. The zero-order valence-electron chi connectivity index (χ0n) is 8.10. The first-order valence-electron chi connectivity index (χ1n) is 4.68. The zero-order chi connectivity index (χ0) is 10.8. The lowest BCUT2D eigenvalue weighted by Crippen LogP contribution is -2.37. The summed E-state index contributed by atoms with van der Waals surface area (Å²) in [4.78, 5) is 12.4. The Hall–Kier alpha value is -0.220. The van der Waals surface area contributed by atoms with Gasteiger partial charge in [0.25, 0.3) is 5.24 Å². The molecule has 0 aromatic rings. The van der Waals surface area contributed by atoms with Crippen LogP contribution in [-0.4, -0.2) is 36.2 Å². The van der Waals surface area contributed by atoms with Crippen LogP contribution in [0, 0.1) is 5.92 Å². The Morgan fingerprint density at radius 1 is 1.64 bits per heavy atom. The van der Waals surface area contributed by atoms with Crippen LogP contribution in [0.3, 0.4) is 0 Å². The molecule has 1 saturated heterocycles. The van der Waals surface area contributed by atoms with Crippen molar-refractivity contribution >= 4 is 16.8 Å². The van der Waals surface area contributed by atoms with E-state index >= 15 is 0 Å². The molecule has 0 spiro atoms. The van der Waals surface area contributed by atoms with Gasteiger partial charge in [0.15, 0.2) is 0 Å². The summed E-state index contributed by atoms with van der Waals surface area (Å²) in [6, 6.07) is 0. The van der Waals surface area contributed by atoms with Gasteiger partial charge in [-0.25, -0.2) is 0 Å². The molecule has 0 aromatic heterocycles. The molecule has 1 rings (SSSR count). The molecular weight excluding hydrogens is 212 g/mol. The number of piperidine rings is 1. The summed E-state index contributed by atoms with van der Waals surface area (Å²) in [5.41, 5.74) is 0. The van der Waals surface area contributed by atoms with Crippen molar-refractivity contribution in [2.75, 3.05) is 20.1 Å². The highest BCUT2D eigenvalue weighted by Gasteiger charge is 2.40. The van der Waals surface area contributed by atoms with E-state index in [4.69, 9.17) is 11.6 Å². The number of hydrogen-bond donors (Lipinski definition) is 0. The summed E-state index contributed by atoms with van der Waals surface area (Å²) >= 11 is 4.82. The van der Waals surface area contributed by atoms with Crippen molar-refractivity contribution in [3.05, 3.63) is 0 Å². The Balaban J connectivity index is 2.47. The van der Waals surface area contributed by atoms with Gasteiger partial charge in [-0.05, 0) is 44.0 Å². The third-order valence-corrected chi connectivity index (χ3v) is 2.83. The average Bonchev–Trinajstić information content (AvgIpc) is 2.02. The van der Waals surface area contributed by atoms with Crippen molar-refractivity contribution in [2.24, 2.45) is 5.92 Å². The van der Waals surface area contributed by atoms with Gasteiger partial charge in [0.1, 0.15) is 0 Å². The molecule has 0 amide bonds. The monoisotopic (exact) mass is 225 g/mol. The van der Waals surface area contributed by atoms with Crippen LogP contribution in [0.4, 0.5) is 8.78 Å². The second-order valence-electron chi connectivity index (χ2n) is 3.95. The van der Waals surface area contributed by atoms with E-state index in [-0.39, 0.29) is 5.92 Å². The van der Waals surface area contributed by atoms with Gasteiger partial charge in [-0.3, -0.25) is 4.79 Å². The van der Waals surface area contributed by atoms with Crippen molar-refractivity contribution in [2.45, 2.75) is 25.2 Å². The molecule has 2 nitrogen and oxygen atoms in total. The van der Waals surface area contributed by atoms with Crippen LogP contribution in [0.2, 0.25) is 0 Å². The molecule has 0 saturated carbocycles. The van der Waals surface area contributed by atoms with Crippen LogP contribution < -0.4 is 0 Å². The second-order valence-corrected chi connectivity index (χ2v) is 4.30. The number of carbonyl (C=O) groups is 1. The number of carbonyl (C=O) groups excluding carboxylic acids is 1. The molecule has 0 radical (unpaired) electrons. The van der Waals surface area contributed by atoms with Crippen LogP contribution in [-0.2, 0) is 4.79 Å². The highest BCUT2D eigenvalue weighted by molar-refractivity contribution is 6.65. The molecule has 0 N–H and O–H groups in total. The molecule has 14 heavy (non-hydrogen) atoms. The molecule has 0 bridgehead atoms. The van der Waals surface area contributed by atoms with Gasteiger partial charge in [0.2, 0.25) is 0 Å². The van der Waals surface area contributed by atoms with Gasteiger partial charge in [0, 0.05) is 13.0 Å². The molecule has 1 unspecified atom stereocenters. The number of nitrogens with zero attached hydrogens (tertiary/aromatic N) is 1. The van der Waals surface area contributed by atoms with Crippen molar-refractivity contribution in [3.8, 4) is 0 Å².